The first-order valence-electron chi connectivity index (χ1n) is 6.07. The Morgan fingerprint density at radius 3 is 2.65 bits per heavy atom. The average molecular weight is 233 g/mol. The molecule has 0 spiro atoms. The largest absolute Gasteiger partial charge is 0.409 e. The van der Waals surface area contributed by atoms with Crippen molar-refractivity contribution in [2.75, 3.05) is 0 Å². The van der Waals surface area contributed by atoms with Gasteiger partial charge in [-0.15, -0.1) is 0 Å². The number of nitrogens with zero attached hydrogens (tertiary/aromatic N) is 1. The summed E-state index contributed by atoms with van der Waals surface area (Å²) >= 11 is 0. The van der Waals surface area contributed by atoms with Crippen LogP contribution in [0.5, 0.6) is 0 Å². The highest BCUT2D eigenvalue weighted by Crippen LogP contribution is 2.24. The smallest absolute Gasteiger partial charge is 0.141 e. The Labute approximate surface area is 102 Å². The van der Waals surface area contributed by atoms with Crippen LogP contribution in [0, 0.1) is 0 Å². The Morgan fingerprint density at radius 2 is 2.12 bits per heavy atom. The maximum absolute atomic E-state index is 8.67. The summed E-state index contributed by atoms with van der Waals surface area (Å²) in [7, 11) is 0. The number of amidine groups is 1. The van der Waals surface area contributed by atoms with Crippen molar-refractivity contribution in [2.24, 2.45) is 10.9 Å². The van der Waals surface area contributed by atoms with Crippen molar-refractivity contribution in [3.63, 3.8) is 0 Å². The molecule has 92 valence electrons. The zero-order valence-electron chi connectivity index (χ0n) is 9.84. The average Bonchev–Trinajstić information content (AvgIpc) is 2.33. The summed E-state index contributed by atoms with van der Waals surface area (Å²) in [5.41, 5.74) is 6.79. The first-order chi connectivity index (χ1) is 8.29. The van der Waals surface area contributed by atoms with E-state index >= 15 is 0 Å². The topological polar surface area (TPSA) is 70.6 Å². The molecule has 4 heteroatoms. The third kappa shape index (κ3) is 3.20. The molecule has 1 fully saturated rings. The Balaban J connectivity index is 2.05. The van der Waals surface area contributed by atoms with Gasteiger partial charge in [-0.25, -0.2) is 0 Å². The van der Waals surface area contributed by atoms with Crippen LogP contribution in [0.2, 0.25) is 0 Å². The quantitative estimate of drug-likeness (QED) is 0.315. The lowest BCUT2D eigenvalue weighted by Crippen LogP contribution is -2.39. The van der Waals surface area contributed by atoms with Crippen LogP contribution in [0.1, 0.15) is 37.3 Å². The number of benzene rings is 1. The third-order valence-corrected chi connectivity index (χ3v) is 3.29. The van der Waals surface area contributed by atoms with Gasteiger partial charge in [0.15, 0.2) is 0 Å². The summed E-state index contributed by atoms with van der Waals surface area (Å²) < 4.78 is 0. The van der Waals surface area contributed by atoms with E-state index in [1.807, 2.05) is 18.2 Å². The molecule has 4 nitrogen and oxygen atoms in total. The van der Waals surface area contributed by atoms with Crippen molar-refractivity contribution in [3.8, 4) is 0 Å². The van der Waals surface area contributed by atoms with Crippen LogP contribution in [-0.2, 0) is 0 Å². The number of oxime groups is 1. The highest BCUT2D eigenvalue weighted by Gasteiger charge is 2.22. The molecule has 0 heterocycles. The lowest BCUT2D eigenvalue weighted by molar-refractivity contribution is 0.299. The summed E-state index contributed by atoms with van der Waals surface area (Å²) in [5.74, 6) is 0.269. The first-order valence-corrected chi connectivity index (χ1v) is 6.07. The molecule has 17 heavy (non-hydrogen) atoms. The summed E-state index contributed by atoms with van der Waals surface area (Å²) in [5, 5.41) is 15.3. The minimum atomic E-state index is 0.136. The highest BCUT2D eigenvalue weighted by atomic mass is 16.4. The van der Waals surface area contributed by atoms with Gasteiger partial charge in [-0.1, -0.05) is 41.9 Å². The highest BCUT2D eigenvalue weighted by molar-refractivity contribution is 5.80. The second-order valence-electron chi connectivity index (χ2n) is 4.55. The molecule has 0 amide bonds. The van der Waals surface area contributed by atoms with Gasteiger partial charge in [-0.2, -0.15) is 0 Å². The van der Waals surface area contributed by atoms with E-state index in [-0.39, 0.29) is 11.9 Å². The predicted molar refractivity (Wildman–Crippen MR) is 68.0 cm³/mol. The number of nitrogens with one attached hydrogen (secondary N) is 1. The van der Waals surface area contributed by atoms with Gasteiger partial charge in [0.05, 0.1) is 0 Å². The van der Waals surface area contributed by atoms with Crippen LogP contribution >= 0.6 is 0 Å². The van der Waals surface area contributed by atoms with Crippen LogP contribution in [-0.4, -0.2) is 17.1 Å². The van der Waals surface area contributed by atoms with Gasteiger partial charge in [-0.05, 0) is 18.4 Å². The van der Waals surface area contributed by atoms with Crippen LogP contribution in [0.25, 0.3) is 0 Å². The molecule has 1 saturated carbocycles. The van der Waals surface area contributed by atoms with Crippen LogP contribution < -0.4 is 11.1 Å². The van der Waals surface area contributed by atoms with E-state index < -0.39 is 0 Å². The van der Waals surface area contributed by atoms with Gasteiger partial charge in [0, 0.05) is 18.5 Å². The SMILES string of the molecule is NC(CC(NC1CCC1)c1ccccc1)=NO. The summed E-state index contributed by atoms with van der Waals surface area (Å²) in [6.45, 7) is 0. The van der Waals surface area contributed by atoms with Gasteiger partial charge >= 0.3 is 0 Å². The van der Waals surface area contributed by atoms with E-state index in [1.54, 1.807) is 0 Å². The zero-order chi connectivity index (χ0) is 12.1. The van der Waals surface area contributed by atoms with Gasteiger partial charge in [0.25, 0.3) is 0 Å². The minimum Gasteiger partial charge on any atom is -0.409 e. The van der Waals surface area contributed by atoms with E-state index in [0.717, 1.165) is 0 Å². The Hall–Kier alpha value is -1.55. The fourth-order valence-corrected chi connectivity index (χ4v) is 2.07. The summed E-state index contributed by atoms with van der Waals surface area (Å²) in [4.78, 5) is 0. The van der Waals surface area contributed by atoms with Crippen molar-refractivity contribution in [1.29, 1.82) is 0 Å². The molecule has 0 bridgehead atoms. The molecule has 1 unspecified atom stereocenters. The second-order valence-corrected chi connectivity index (χ2v) is 4.55. The molecule has 1 aliphatic rings. The number of hydrogen-bond donors (Lipinski definition) is 3. The van der Waals surface area contributed by atoms with Crippen LogP contribution in [0.4, 0.5) is 0 Å². The van der Waals surface area contributed by atoms with E-state index in [9.17, 15) is 0 Å². The van der Waals surface area contributed by atoms with Crippen molar-refractivity contribution in [3.05, 3.63) is 35.9 Å². The molecule has 0 saturated heterocycles. The van der Waals surface area contributed by atoms with Crippen LogP contribution in [0.15, 0.2) is 35.5 Å². The Bertz CT molecular complexity index is 374. The lowest BCUT2D eigenvalue weighted by atomic mass is 9.91. The Kier molecular flexibility index (Phi) is 3.98. The molecule has 0 radical (unpaired) electrons. The molecular weight excluding hydrogens is 214 g/mol. The van der Waals surface area contributed by atoms with Gasteiger partial charge < -0.3 is 16.3 Å². The molecule has 2 rings (SSSR count). The fraction of sp³-hybridized carbons (Fsp3) is 0.462. The van der Waals surface area contributed by atoms with E-state index in [0.29, 0.717) is 12.5 Å². The normalized spacial score (nSPS) is 18.7. The van der Waals surface area contributed by atoms with Crippen molar-refractivity contribution < 1.29 is 5.21 Å². The molecule has 4 N–H and O–H groups in total. The monoisotopic (exact) mass is 233 g/mol. The van der Waals surface area contributed by atoms with Crippen molar-refractivity contribution >= 4 is 5.84 Å². The van der Waals surface area contributed by atoms with Crippen molar-refractivity contribution in [2.45, 2.75) is 37.8 Å². The zero-order valence-corrected chi connectivity index (χ0v) is 9.84. The maximum Gasteiger partial charge on any atom is 0.141 e. The molecule has 0 aromatic heterocycles. The minimum absolute atomic E-state index is 0.136. The van der Waals surface area contributed by atoms with Crippen LogP contribution in [0.3, 0.4) is 0 Å². The third-order valence-electron chi connectivity index (χ3n) is 3.29. The van der Waals surface area contributed by atoms with Gasteiger partial charge in [-0.3, -0.25) is 0 Å². The van der Waals surface area contributed by atoms with Crippen molar-refractivity contribution in [1.82, 2.24) is 5.32 Å². The standard InChI is InChI=1S/C13H19N3O/c14-13(16-17)9-12(15-11-7-4-8-11)10-5-2-1-3-6-10/h1-3,5-6,11-12,15,17H,4,7-9H2,(H2,14,16). The molecule has 0 aliphatic heterocycles. The molecule has 1 aromatic carbocycles. The number of hydrogen-bond acceptors (Lipinski definition) is 3. The molecular formula is C13H19N3O. The van der Waals surface area contributed by atoms with Gasteiger partial charge in [0.2, 0.25) is 0 Å². The van der Waals surface area contributed by atoms with E-state index in [1.165, 1.54) is 24.8 Å². The lowest BCUT2D eigenvalue weighted by Gasteiger charge is -2.31. The van der Waals surface area contributed by atoms with E-state index in [2.05, 4.69) is 22.6 Å². The second kappa shape index (κ2) is 5.68. The fourth-order valence-electron chi connectivity index (χ4n) is 2.07. The summed E-state index contributed by atoms with van der Waals surface area (Å²) in [6.07, 6.45) is 4.28. The molecule has 1 aromatic rings. The molecule has 1 atom stereocenters. The number of rotatable bonds is 5. The first kappa shape index (κ1) is 11.9. The maximum atomic E-state index is 8.67. The number of nitrogens with two attached hydrogens (primary N) is 1. The van der Waals surface area contributed by atoms with E-state index in [4.69, 9.17) is 10.9 Å². The predicted octanol–water partition coefficient (Wildman–Crippen LogP) is 2.01. The Morgan fingerprint density at radius 1 is 1.41 bits per heavy atom. The molecule has 1 aliphatic carbocycles. The van der Waals surface area contributed by atoms with Gasteiger partial charge in [0.1, 0.15) is 5.84 Å². The summed E-state index contributed by atoms with van der Waals surface area (Å²) in [6, 6.07) is 10.9.